The molecule has 3 nitrogen and oxygen atoms in total. The fraction of sp³-hybridized carbons (Fsp3) is 0.893. The van der Waals surface area contributed by atoms with Crippen LogP contribution in [0.1, 0.15) is 161 Å². The van der Waals surface area contributed by atoms with Gasteiger partial charge in [0.15, 0.2) is 0 Å². The van der Waals surface area contributed by atoms with Crippen LogP contribution in [0.5, 0.6) is 0 Å². The zero-order chi connectivity index (χ0) is 22.8. The second-order valence-electron chi connectivity index (χ2n) is 9.45. The number of carbonyl (C=O) groups excluding carboxylic acids is 1. The number of carboxylic acid groups (broad SMARTS) is 1. The van der Waals surface area contributed by atoms with E-state index in [1.807, 2.05) is 0 Å². The Morgan fingerprint density at radius 3 is 1.16 bits per heavy atom. The van der Waals surface area contributed by atoms with E-state index in [0.29, 0.717) is 6.42 Å². The second-order valence-corrected chi connectivity index (χ2v) is 9.45. The number of allylic oxidation sites excluding steroid dienone is 1. The molecule has 0 bridgehead atoms. The van der Waals surface area contributed by atoms with E-state index >= 15 is 0 Å². The summed E-state index contributed by atoms with van der Waals surface area (Å²) in [4.78, 5) is 10.3. The SMILES string of the molecule is CCCCCCCCCCCCCCCCCCCCCCCCC(O)=CCC(=O)[O-].[Na+]. The van der Waals surface area contributed by atoms with E-state index in [-0.39, 0.29) is 41.7 Å². The minimum Gasteiger partial charge on any atom is -0.550 e. The average molecular weight is 461 g/mol. The second kappa shape index (κ2) is 29.0. The summed E-state index contributed by atoms with van der Waals surface area (Å²) < 4.78 is 0. The van der Waals surface area contributed by atoms with E-state index < -0.39 is 5.97 Å². The maximum absolute atomic E-state index is 10.3. The first-order valence-corrected chi connectivity index (χ1v) is 13.7. The Hall–Kier alpha value is 0.0100. The van der Waals surface area contributed by atoms with Crippen molar-refractivity contribution in [3.8, 4) is 0 Å². The monoisotopic (exact) mass is 460 g/mol. The molecule has 1 N–H and O–H groups in total. The minimum absolute atomic E-state index is 0. The molecule has 0 aromatic carbocycles. The first-order valence-electron chi connectivity index (χ1n) is 13.7. The van der Waals surface area contributed by atoms with Gasteiger partial charge in [0.1, 0.15) is 0 Å². The molecule has 0 aromatic heterocycles. The van der Waals surface area contributed by atoms with Crippen molar-refractivity contribution in [2.45, 2.75) is 161 Å². The molecule has 0 aliphatic rings. The minimum atomic E-state index is -1.14. The van der Waals surface area contributed by atoms with Gasteiger partial charge < -0.3 is 15.0 Å². The number of aliphatic hydroxyl groups is 1. The van der Waals surface area contributed by atoms with Crippen LogP contribution in [0, 0.1) is 0 Å². The topological polar surface area (TPSA) is 60.4 Å². The summed E-state index contributed by atoms with van der Waals surface area (Å²) >= 11 is 0. The summed E-state index contributed by atoms with van der Waals surface area (Å²) in [6.07, 6.45) is 31.8. The summed E-state index contributed by atoms with van der Waals surface area (Å²) in [7, 11) is 0. The summed E-state index contributed by atoms with van der Waals surface area (Å²) in [5.41, 5.74) is 0. The quantitative estimate of drug-likeness (QED) is 0.110. The first-order chi connectivity index (χ1) is 15.2. The predicted molar refractivity (Wildman–Crippen MR) is 132 cm³/mol. The van der Waals surface area contributed by atoms with Gasteiger partial charge in [-0.2, -0.15) is 0 Å². The Balaban J connectivity index is 0. The molecule has 0 amide bonds. The fourth-order valence-electron chi connectivity index (χ4n) is 4.22. The standard InChI is InChI=1S/C28H54O3.Na/c1-2-3-4-5-6-7-8-9-10-11-12-13-14-15-16-17-18-19-20-21-22-23-24-27(29)25-26-28(30)31;/h25,29H,2-24,26H2,1H3,(H,30,31);/q;+1/p-1. The van der Waals surface area contributed by atoms with Crippen molar-refractivity contribution >= 4 is 5.97 Å². The van der Waals surface area contributed by atoms with Gasteiger partial charge in [0.2, 0.25) is 0 Å². The molecule has 0 rings (SSSR count). The third kappa shape index (κ3) is 30.0. The van der Waals surface area contributed by atoms with Crippen LogP contribution in [0.2, 0.25) is 0 Å². The summed E-state index contributed by atoms with van der Waals surface area (Å²) in [5.74, 6) is -0.946. The number of hydrogen-bond donors (Lipinski definition) is 1. The van der Waals surface area contributed by atoms with E-state index in [1.54, 1.807) is 0 Å². The molecule has 0 aliphatic carbocycles. The van der Waals surface area contributed by atoms with Gasteiger partial charge in [-0.25, -0.2) is 0 Å². The molecule has 0 spiro atoms. The molecule has 0 saturated heterocycles. The van der Waals surface area contributed by atoms with Crippen molar-refractivity contribution in [3.63, 3.8) is 0 Å². The predicted octanol–water partition coefficient (Wildman–Crippen LogP) is 5.56. The van der Waals surface area contributed by atoms with Crippen molar-refractivity contribution in [2.75, 3.05) is 0 Å². The average Bonchev–Trinajstić information content (AvgIpc) is 2.75. The van der Waals surface area contributed by atoms with Crippen LogP contribution in [-0.2, 0) is 4.79 Å². The Kier molecular flexibility index (Phi) is 31.0. The molecule has 32 heavy (non-hydrogen) atoms. The molecule has 0 aliphatic heterocycles. The van der Waals surface area contributed by atoms with Crippen molar-refractivity contribution in [2.24, 2.45) is 0 Å². The molecule has 0 heterocycles. The molecular formula is C28H53NaO3. The van der Waals surface area contributed by atoms with Gasteiger partial charge in [0.05, 0.1) is 5.76 Å². The van der Waals surface area contributed by atoms with Crippen molar-refractivity contribution in [3.05, 3.63) is 11.8 Å². The van der Waals surface area contributed by atoms with Crippen LogP contribution >= 0.6 is 0 Å². The maximum atomic E-state index is 10.3. The Bertz CT molecular complexity index is 409. The van der Waals surface area contributed by atoms with Crippen molar-refractivity contribution in [1.29, 1.82) is 0 Å². The molecule has 0 fully saturated rings. The van der Waals surface area contributed by atoms with Crippen LogP contribution in [0.4, 0.5) is 0 Å². The molecular weight excluding hydrogens is 407 g/mol. The van der Waals surface area contributed by atoms with Crippen LogP contribution in [0.25, 0.3) is 0 Å². The van der Waals surface area contributed by atoms with E-state index in [2.05, 4.69) is 6.92 Å². The number of aliphatic carboxylic acids is 1. The molecule has 0 atom stereocenters. The van der Waals surface area contributed by atoms with Gasteiger partial charge in [0, 0.05) is 18.8 Å². The summed E-state index contributed by atoms with van der Waals surface area (Å²) in [6, 6.07) is 0. The van der Waals surface area contributed by atoms with E-state index in [1.165, 1.54) is 134 Å². The summed E-state index contributed by atoms with van der Waals surface area (Å²) in [6.45, 7) is 2.29. The largest absolute Gasteiger partial charge is 1.00 e. The zero-order valence-electron chi connectivity index (χ0n) is 21.8. The Labute approximate surface area is 222 Å². The van der Waals surface area contributed by atoms with Crippen molar-refractivity contribution in [1.82, 2.24) is 0 Å². The van der Waals surface area contributed by atoms with Gasteiger partial charge in [-0.15, -0.1) is 0 Å². The van der Waals surface area contributed by atoms with Crippen molar-refractivity contribution < 1.29 is 44.6 Å². The molecule has 184 valence electrons. The number of aliphatic hydroxyl groups excluding tert-OH is 1. The number of carboxylic acids is 1. The molecule has 0 radical (unpaired) electrons. The first kappa shape index (κ1) is 34.2. The Morgan fingerprint density at radius 1 is 0.594 bits per heavy atom. The zero-order valence-corrected chi connectivity index (χ0v) is 23.8. The number of carbonyl (C=O) groups is 1. The third-order valence-electron chi connectivity index (χ3n) is 6.29. The molecule has 0 unspecified atom stereocenters. The molecule has 4 heteroatoms. The number of rotatable bonds is 25. The number of unbranched alkanes of at least 4 members (excludes halogenated alkanes) is 21. The van der Waals surface area contributed by atoms with Gasteiger partial charge >= 0.3 is 29.6 Å². The van der Waals surface area contributed by atoms with Crippen LogP contribution in [0.15, 0.2) is 11.8 Å². The fourth-order valence-corrected chi connectivity index (χ4v) is 4.22. The van der Waals surface area contributed by atoms with E-state index in [0.717, 1.165) is 12.8 Å². The third-order valence-corrected chi connectivity index (χ3v) is 6.29. The van der Waals surface area contributed by atoms with Crippen LogP contribution in [-0.4, -0.2) is 11.1 Å². The normalized spacial score (nSPS) is 11.5. The maximum Gasteiger partial charge on any atom is 1.00 e. The molecule has 0 aromatic rings. The number of hydrogen-bond acceptors (Lipinski definition) is 3. The summed E-state index contributed by atoms with van der Waals surface area (Å²) in [5, 5.41) is 19.8. The molecule has 0 saturated carbocycles. The van der Waals surface area contributed by atoms with Gasteiger partial charge in [-0.3, -0.25) is 0 Å². The van der Waals surface area contributed by atoms with E-state index in [4.69, 9.17) is 0 Å². The Morgan fingerprint density at radius 2 is 0.875 bits per heavy atom. The van der Waals surface area contributed by atoms with Crippen LogP contribution < -0.4 is 34.7 Å². The van der Waals surface area contributed by atoms with Gasteiger partial charge in [-0.05, 0) is 12.5 Å². The van der Waals surface area contributed by atoms with E-state index in [9.17, 15) is 15.0 Å². The van der Waals surface area contributed by atoms with Gasteiger partial charge in [0.25, 0.3) is 0 Å². The smallest absolute Gasteiger partial charge is 0.550 e. The van der Waals surface area contributed by atoms with Gasteiger partial charge in [-0.1, -0.05) is 142 Å². The van der Waals surface area contributed by atoms with Crippen LogP contribution in [0.3, 0.4) is 0 Å².